The van der Waals surface area contributed by atoms with E-state index in [-0.39, 0.29) is 5.91 Å². The van der Waals surface area contributed by atoms with Gasteiger partial charge in [-0.3, -0.25) is 4.79 Å². The Morgan fingerprint density at radius 2 is 2.18 bits per heavy atom. The molecule has 0 spiro atoms. The average Bonchev–Trinajstić information content (AvgIpc) is 2.36. The minimum Gasteiger partial charge on any atom is -0.320 e. The summed E-state index contributed by atoms with van der Waals surface area (Å²) in [5.74, 6) is 8.46. The van der Waals surface area contributed by atoms with Gasteiger partial charge in [-0.25, -0.2) is 4.94 Å². The third-order valence-corrected chi connectivity index (χ3v) is 1.33. The van der Waals surface area contributed by atoms with Crippen LogP contribution in [0.5, 0.6) is 0 Å². The molecule has 0 saturated carbocycles. The van der Waals surface area contributed by atoms with E-state index in [0.29, 0.717) is 6.42 Å². The van der Waals surface area contributed by atoms with Crippen molar-refractivity contribution in [2.24, 2.45) is 11.8 Å². The van der Waals surface area contributed by atoms with Gasteiger partial charge in [-0.05, 0) is 12.6 Å². The highest BCUT2D eigenvalue weighted by Gasteiger charge is 2.15. The molecule has 1 aliphatic rings. The van der Waals surface area contributed by atoms with Crippen molar-refractivity contribution >= 4 is 5.91 Å². The van der Waals surface area contributed by atoms with Gasteiger partial charge in [-0.15, -0.1) is 0 Å². The number of likely N-dealkylation sites (tertiary alicyclic amines) is 1. The number of rotatable bonds is 1. The fourth-order valence-electron chi connectivity index (χ4n) is 0.862. The maximum atomic E-state index is 10.7. The van der Waals surface area contributed by atoms with Gasteiger partial charge in [0.2, 0.25) is 5.91 Å². The van der Waals surface area contributed by atoms with Crippen LogP contribution in [0.1, 0.15) is 12.8 Å². The molecule has 0 aromatic heterocycles. The van der Waals surface area contributed by atoms with Gasteiger partial charge in [0.25, 0.3) is 0 Å². The highest BCUT2D eigenvalue weighted by atomic mass is 16.7. The Morgan fingerprint density at radius 1 is 1.64 bits per heavy atom. The zero-order valence-corrected chi connectivity index (χ0v) is 6.32. The molecular formula is C6H13N3O2. The Labute approximate surface area is 65.5 Å². The molecule has 0 aliphatic carbocycles. The Hall–Kier alpha value is -0.910. The highest BCUT2D eigenvalue weighted by molar-refractivity contribution is 5.78. The molecule has 5 nitrogen and oxygen atoms in total. The van der Waals surface area contributed by atoms with E-state index in [0.717, 1.165) is 13.0 Å². The molecule has 64 valence electrons. The number of nitrogens with zero attached hydrogens (tertiary/aromatic N) is 1. The van der Waals surface area contributed by atoms with Gasteiger partial charge in [0, 0.05) is 13.0 Å². The third-order valence-electron chi connectivity index (χ3n) is 1.33. The van der Waals surface area contributed by atoms with Crippen molar-refractivity contribution in [3.05, 3.63) is 12.8 Å². The monoisotopic (exact) mass is 159 g/mol. The fraction of sp³-hybridized carbons (Fsp3) is 0.500. The summed E-state index contributed by atoms with van der Waals surface area (Å²) in [5.41, 5.74) is 0. The van der Waals surface area contributed by atoms with Gasteiger partial charge < -0.3 is 4.90 Å². The fourth-order valence-corrected chi connectivity index (χ4v) is 0.862. The summed E-state index contributed by atoms with van der Waals surface area (Å²) in [6, 6.07) is 0. The van der Waals surface area contributed by atoms with E-state index in [2.05, 4.69) is 23.3 Å². The van der Waals surface area contributed by atoms with E-state index in [1.807, 2.05) is 0 Å². The topological polar surface area (TPSA) is 81.6 Å². The molecule has 0 radical (unpaired) electrons. The number of hydrogen-bond acceptors (Lipinski definition) is 4. The first kappa shape index (κ1) is 10.1. The first-order valence-electron chi connectivity index (χ1n) is 3.24. The lowest BCUT2D eigenvalue weighted by atomic mass is 10.4. The smallest absolute Gasteiger partial charge is 0.226 e. The lowest BCUT2D eigenvalue weighted by Gasteiger charge is -2.05. The van der Waals surface area contributed by atoms with E-state index < -0.39 is 0 Å². The molecule has 0 bridgehead atoms. The second kappa shape index (κ2) is 5.84. The zero-order valence-electron chi connectivity index (χ0n) is 6.32. The number of hydrogen-bond donors (Lipinski definition) is 2. The predicted octanol–water partition coefficient (Wildman–Crippen LogP) is -0.497. The second-order valence-corrected chi connectivity index (χ2v) is 2.01. The third kappa shape index (κ3) is 3.72. The predicted molar refractivity (Wildman–Crippen MR) is 40.6 cm³/mol. The molecule has 1 aliphatic heterocycles. The van der Waals surface area contributed by atoms with Crippen LogP contribution < -0.4 is 11.8 Å². The number of nitrogens with two attached hydrogens (primary N) is 2. The quantitative estimate of drug-likeness (QED) is 0.505. The molecule has 0 atom stereocenters. The van der Waals surface area contributed by atoms with Crippen LogP contribution in [0.2, 0.25) is 0 Å². The van der Waals surface area contributed by atoms with Crippen molar-refractivity contribution in [2.75, 3.05) is 6.54 Å². The molecule has 0 unspecified atom stereocenters. The number of amides is 1. The van der Waals surface area contributed by atoms with Gasteiger partial charge >= 0.3 is 0 Å². The average molecular weight is 159 g/mol. The summed E-state index contributed by atoms with van der Waals surface area (Å²) >= 11 is 0. The molecule has 0 aromatic rings. The van der Waals surface area contributed by atoms with Crippen LogP contribution in [0.25, 0.3) is 0 Å². The Balaban J connectivity index is 0.000000292. The molecular weight excluding hydrogens is 146 g/mol. The molecule has 4 N–H and O–H groups in total. The van der Waals surface area contributed by atoms with E-state index in [1.54, 1.807) is 11.1 Å². The molecule has 5 heteroatoms. The molecule has 1 amide bonds. The summed E-state index contributed by atoms with van der Waals surface area (Å²) < 4.78 is 0. The largest absolute Gasteiger partial charge is 0.320 e. The van der Waals surface area contributed by atoms with Crippen molar-refractivity contribution in [3.63, 3.8) is 0 Å². The van der Waals surface area contributed by atoms with Crippen molar-refractivity contribution in [2.45, 2.75) is 12.8 Å². The molecule has 0 aromatic carbocycles. The van der Waals surface area contributed by atoms with Gasteiger partial charge in [0.15, 0.2) is 0 Å². The maximum absolute atomic E-state index is 10.7. The standard InChI is InChI=1S/C6H9NO.H4N2O/c1-2-7-5-3-4-6(7)8;1-3-2/h2H,1,3-5H2;1-2H2. The van der Waals surface area contributed by atoms with E-state index in [9.17, 15) is 4.79 Å². The van der Waals surface area contributed by atoms with Crippen LogP contribution in [0.3, 0.4) is 0 Å². The van der Waals surface area contributed by atoms with Gasteiger partial charge in [0.05, 0.1) is 0 Å². The van der Waals surface area contributed by atoms with Crippen molar-refractivity contribution in [1.82, 2.24) is 4.90 Å². The first-order valence-corrected chi connectivity index (χ1v) is 3.24. The minimum absolute atomic E-state index is 0.208. The number of carbonyl (C=O) groups excluding carboxylic acids is 1. The molecule has 1 heterocycles. The Kier molecular flexibility index (Phi) is 5.36. The van der Waals surface area contributed by atoms with Gasteiger partial charge in [-0.2, -0.15) is 11.8 Å². The molecule has 1 fully saturated rings. The van der Waals surface area contributed by atoms with E-state index in [1.165, 1.54) is 0 Å². The maximum Gasteiger partial charge on any atom is 0.226 e. The van der Waals surface area contributed by atoms with Crippen molar-refractivity contribution in [3.8, 4) is 0 Å². The summed E-state index contributed by atoms with van der Waals surface area (Å²) in [6.07, 6.45) is 3.28. The summed E-state index contributed by atoms with van der Waals surface area (Å²) in [6.45, 7) is 4.36. The van der Waals surface area contributed by atoms with Crippen LogP contribution in [0.4, 0.5) is 0 Å². The van der Waals surface area contributed by atoms with Gasteiger partial charge in [-0.1, -0.05) is 6.58 Å². The van der Waals surface area contributed by atoms with E-state index in [4.69, 9.17) is 0 Å². The van der Waals surface area contributed by atoms with Gasteiger partial charge in [0.1, 0.15) is 0 Å². The SMILES string of the molecule is C=CN1CCCC1=O.NON. The summed E-state index contributed by atoms with van der Waals surface area (Å²) in [4.78, 5) is 15.6. The second-order valence-electron chi connectivity index (χ2n) is 2.01. The normalized spacial score (nSPS) is 15.8. The van der Waals surface area contributed by atoms with Crippen LogP contribution in [-0.2, 0) is 9.73 Å². The Morgan fingerprint density at radius 3 is 2.36 bits per heavy atom. The summed E-state index contributed by atoms with van der Waals surface area (Å²) in [7, 11) is 0. The lowest BCUT2D eigenvalue weighted by molar-refractivity contribution is -0.125. The van der Waals surface area contributed by atoms with Crippen LogP contribution >= 0.6 is 0 Å². The number of carbonyl (C=O) groups is 1. The van der Waals surface area contributed by atoms with Crippen molar-refractivity contribution in [1.29, 1.82) is 0 Å². The van der Waals surface area contributed by atoms with Crippen molar-refractivity contribution < 1.29 is 9.73 Å². The first-order chi connectivity index (χ1) is 5.26. The molecule has 11 heavy (non-hydrogen) atoms. The molecule has 1 saturated heterocycles. The lowest BCUT2D eigenvalue weighted by Crippen LogP contribution is -2.16. The van der Waals surface area contributed by atoms with Crippen LogP contribution in [-0.4, -0.2) is 17.4 Å². The highest BCUT2D eigenvalue weighted by Crippen LogP contribution is 2.08. The minimum atomic E-state index is 0.208. The Bertz CT molecular complexity index is 138. The van der Waals surface area contributed by atoms with Crippen LogP contribution in [0.15, 0.2) is 12.8 Å². The summed E-state index contributed by atoms with van der Waals surface area (Å²) in [5, 5.41) is 0. The zero-order chi connectivity index (χ0) is 8.69. The van der Waals surface area contributed by atoms with E-state index >= 15 is 0 Å². The van der Waals surface area contributed by atoms with Crippen LogP contribution in [0, 0.1) is 0 Å². The molecule has 1 rings (SSSR count).